The molecule has 2 N–H and O–H groups in total. The molecule has 0 spiro atoms. The zero-order valence-corrected chi connectivity index (χ0v) is 16.0. The summed E-state index contributed by atoms with van der Waals surface area (Å²) in [7, 11) is 0. The van der Waals surface area contributed by atoms with Crippen molar-refractivity contribution in [3.8, 4) is 0 Å². The molecule has 1 aliphatic heterocycles. The SMILES string of the molecule is CC(C)NC(=O)NC(=O)[C@H](C)OC(=O)c1ccc(CN2CCOCC2)cc1. The second-order valence-corrected chi connectivity index (χ2v) is 6.75. The molecule has 1 heterocycles. The molecule has 27 heavy (non-hydrogen) atoms. The summed E-state index contributed by atoms with van der Waals surface area (Å²) in [4.78, 5) is 37.9. The van der Waals surface area contributed by atoms with E-state index in [1.807, 2.05) is 12.1 Å². The molecule has 1 aromatic carbocycles. The van der Waals surface area contributed by atoms with Gasteiger partial charge in [0.15, 0.2) is 6.10 Å². The van der Waals surface area contributed by atoms with Crippen molar-refractivity contribution in [2.75, 3.05) is 26.3 Å². The van der Waals surface area contributed by atoms with Crippen molar-refractivity contribution < 1.29 is 23.9 Å². The van der Waals surface area contributed by atoms with E-state index in [1.165, 1.54) is 6.92 Å². The van der Waals surface area contributed by atoms with Crippen LogP contribution in [0.1, 0.15) is 36.7 Å². The number of hydrogen-bond donors (Lipinski definition) is 2. The minimum atomic E-state index is -1.08. The number of carbonyl (C=O) groups is 3. The Hall–Kier alpha value is -2.45. The fourth-order valence-corrected chi connectivity index (χ4v) is 2.56. The number of esters is 1. The molecule has 8 heteroatoms. The molecule has 0 aromatic heterocycles. The highest BCUT2D eigenvalue weighted by molar-refractivity contribution is 5.98. The molecule has 0 unspecified atom stereocenters. The number of ether oxygens (including phenoxy) is 2. The van der Waals surface area contributed by atoms with Gasteiger partial charge in [-0.15, -0.1) is 0 Å². The number of rotatable bonds is 6. The van der Waals surface area contributed by atoms with Crippen molar-refractivity contribution in [3.63, 3.8) is 0 Å². The molecular formula is C19H27N3O5. The van der Waals surface area contributed by atoms with Gasteiger partial charge in [-0.2, -0.15) is 0 Å². The van der Waals surface area contributed by atoms with Crippen LogP contribution in [0.2, 0.25) is 0 Å². The van der Waals surface area contributed by atoms with Crippen LogP contribution in [-0.4, -0.2) is 61.3 Å². The number of urea groups is 1. The van der Waals surface area contributed by atoms with E-state index in [-0.39, 0.29) is 6.04 Å². The van der Waals surface area contributed by atoms with Crippen molar-refractivity contribution in [3.05, 3.63) is 35.4 Å². The summed E-state index contributed by atoms with van der Waals surface area (Å²) >= 11 is 0. The quantitative estimate of drug-likeness (QED) is 0.726. The molecule has 0 radical (unpaired) electrons. The highest BCUT2D eigenvalue weighted by atomic mass is 16.5. The Morgan fingerprint density at radius 1 is 1.11 bits per heavy atom. The lowest BCUT2D eigenvalue weighted by molar-refractivity contribution is -0.127. The van der Waals surface area contributed by atoms with Crippen LogP contribution in [0.15, 0.2) is 24.3 Å². The van der Waals surface area contributed by atoms with Gasteiger partial charge in [-0.1, -0.05) is 12.1 Å². The van der Waals surface area contributed by atoms with E-state index in [2.05, 4.69) is 15.5 Å². The first-order chi connectivity index (χ1) is 12.8. The number of nitrogens with one attached hydrogen (secondary N) is 2. The van der Waals surface area contributed by atoms with E-state index in [0.717, 1.165) is 38.4 Å². The van der Waals surface area contributed by atoms with E-state index in [4.69, 9.17) is 9.47 Å². The lowest BCUT2D eigenvalue weighted by Gasteiger charge is -2.26. The predicted octanol–water partition coefficient (Wildman–Crippen LogP) is 1.30. The average molecular weight is 377 g/mol. The summed E-state index contributed by atoms with van der Waals surface area (Å²) < 4.78 is 10.5. The Morgan fingerprint density at radius 2 is 1.74 bits per heavy atom. The van der Waals surface area contributed by atoms with Gasteiger partial charge in [0, 0.05) is 25.7 Å². The molecule has 1 saturated heterocycles. The highest BCUT2D eigenvalue weighted by Gasteiger charge is 2.21. The first-order valence-corrected chi connectivity index (χ1v) is 9.06. The van der Waals surface area contributed by atoms with Gasteiger partial charge in [0.2, 0.25) is 0 Å². The standard InChI is InChI=1S/C19H27N3O5/c1-13(2)20-19(25)21-17(23)14(3)27-18(24)16-6-4-15(5-7-16)12-22-8-10-26-11-9-22/h4-7,13-14H,8-12H2,1-3H3,(H2,20,21,23,25)/t14-/m0/s1. The summed E-state index contributed by atoms with van der Waals surface area (Å²) in [5.41, 5.74) is 1.44. The average Bonchev–Trinajstić information content (AvgIpc) is 2.62. The third-order valence-electron chi connectivity index (χ3n) is 4.01. The van der Waals surface area contributed by atoms with Crippen LogP contribution in [0.25, 0.3) is 0 Å². The Balaban J connectivity index is 1.83. The number of hydrogen-bond acceptors (Lipinski definition) is 6. The smallest absolute Gasteiger partial charge is 0.338 e. The maximum absolute atomic E-state index is 12.2. The fraction of sp³-hybridized carbons (Fsp3) is 0.526. The molecule has 1 aliphatic rings. The largest absolute Gasteiger partial charge is 0.449 e. The molecule has 8 nitrogen and oxygen atoms in total. The number of nitrogens with zero attached hydrogens (tertiary/aromatic N) is 1. The van der Waals surface area contributed by atoms with Gasteiger partial charge in [0.25, 0.3) is 5.91 Å². The van der Waals surface area contributed by atoms with Crippen molar-refractivity contribution in [2.45, 2.75) is 39.5 Å². The minimum absolute atomic E-state index is 0.105. The van der Waals surface area contributed by atoms with E-state index in [1.54, 1.807) is 26.0 Å². The molecule has 1 fully saturated rings. The Morgan fingerprint density at radius 3 is 2.33 bits per heavy atom. The van der Waals surface area contributed by atoms with Gasteiger partial charge in [0.1, 0.15) is 0 Å². The molecule has 0 bridgehead atoms. The zero-order chi connectivity index (χ0) is 19.8. The third-order valence-corrected chi connectivity index (χ3v) is 4.01. The first kappa shape index (κ1) is 20.9. The molecule has 0 saturated carbocycles. The minimum Gasteiger partial charge on any atom is -0.449 e. The number of morpholine rings is 1. The number of amides is 3. The lowest BCUT2D eigenvalue weighted by atomic mass is 10.1. The first-order valence-electron chi connectivity index (χ1n) is 9.06. The van der Waals surface area contributed by atoms with Crippen LogP contribution in [0, 0.1) is 0 Å². The van der Waals surface area contributed by atoms with E-state index in [9.17, 15) is 14.4 Å². The summed E-state index contributed by atoms with van der Waals surface area (Å²) in [6.07, 6.45) is -1.08. The monoisotopic (exact) mass is 377 g/mol. The highest BCUT2D eigenvalue weighted by Crippen LogP contribution is 2.11. The van der Waals surface area contributed by atoms with E-state index in [0.29, 0.717) is 5.56 Å². The second-order valence-electron chi connectivity index (χ2n) is 6.75. The molecule has 0 aliphatic carbocycles. The summed E-state index contributed by atoms with van der Waals surface area (Å²) in [6, 6.07) is 6.36. The summed E-state index contributed by atoms with van der Waals surface area (Å²) in [5.74, 6) is -1.29. The van der Waals surface area contributed by atoms with Gasteiger partial charge in [-0.05, 0) is 38.5 Å². The maximum Gasteiger partial charge on any atom is 0.338 e. The van der Waals surface area contributed by atoms with Gasteiger partial charge in [0.05, 0.1) is 18.8 Å². The van der Waals surface area contributed by atoms with Gasteiger partial charge >= 0.3 is 12.0 Å². The molecule has 1 aromatic rings. The Bertz CT molecular complexity index is 654. The number of benzene rings is 1. The van der Waals surface area contributed by atoms with Gasteiger partial charge in [-0.25, -0.2) is 9.59 Å². The van der Waals surface area contributed by atoms with Gasteiger partial charge in [-0.3, -0.25) is 15.0 Å². The van der Waals surface area contributed by atoms with E-state index < -0.39 is 24.0 Å². The van der Waals surface area contributed by atoms with Gasteiger partial charge < -0.3 is 14.8 Å². The van der Waals surface area contributed by atoms with Crippen molar-refractivity contribution >= 4 is 17.9 Å². The fourth-order valence-electron chi connectivity index (χ4n) is 2.56. The van der Waals surface area contributed by atoms with Crippen LogP contribution in [0.4, 0.5) is 4.79 Å². The van der Waals surface area contributed by atoms with Crippen LogP contribution in [0.3, 0.4) is 0 Å². The van der Waals surface area contributed by atoms with Crippen LogP contribution in [-0.2, 0) is 20.8 Å². The topological polar surface area (TPSA) is 97.0 Å². The normalized spacial score (nSPS) is 15.9. The van der Waals surface area contributed by atoms with Crippen molar-refractivity contribution in [1.29, 1.82) is 0 Å². The van der Waals surface area contributed by atoms with Crippen LogP contribution >= 0.6 is 0 Å². The number of imide groups is 1. The summed E-state index contributed by atoms with van der Waals surface area (Å²) in [6.45, 7) is 9.01. The van der Waals surface area contributed by atoms with E-state index >= 15 is 0 Å². The maximum atomic E-state index is 12.2. The molecular weight excluding hydrogens is 350 g/mol. The lowest BCUT2D eigenvalue weighted by Crippen LogP contribution is -2.46. The molecule has 1 atom stereocenters. The molecule has 3 amide bonds. The zero-order valence-electron chi connectivity index (χ0n) is 16.0. The summed E-state index contributed by atoms with van der Waals surface area (Å²) in [5, 5.41) is 4.67. The van der Waals surface area contributed by atoms with Crippen LogP contribution < -0.4 is 10.6 Å². The molecule has 148 valence electrons. The Kier molecular flexibility index (Phi) is 7.75. The Labute approximate surface area is 159 Å². The predicted molar refractivity (Wildman–Crippen MR) is 99.2 cm³/mol. The van der Waals surface area contributed by atoms with Crippen LogP contribution in [0.5, 0.6) is 0 Å². The number of carbonyl (C=O) groups excluding carboxylic acids is 3. The third kappa shape index (κ3) is 6.99. The van der Waals surface area contributed by atoms with Crippen molar-refractivity contribution in [2.24, 2.45) is 0 Å². The molecule has 2 rings (SSSR count). The second kappa shape index (κ2) is 10.0. The van der Waals surface area contributed by atoms with Crippen molar-refractivity contribution in [1.82, 2.24) is 15.5 Å².